The van der Waals surface area contributed by atoms with E-state index in [-0.39, 0.29) is 70.5 Å². The van der Waals surface area contributed by atoms with Crippen molar-refractivity contribution >= 4 is 21.7 Å². The molecule has 306 valence electrons. The number of hydrogen-bond donors (Lipinski definition) is 12. The second-order valence-corrected chi connectivity index (χ2v) is 16.1. The number of unbranched alkanes of at least 4 members (excludes halogenated alkanes) is 1. The van der Waals surface area contributed by atoms with Crippen LogP contribution in [0.5, 0.6) is 0 Å². The highest BCUT2D eigenvalue weighted by atomic mass is 32.3. The van der Waals surface area contributed by atoms with E-state index in [0.29, 0.717) is 71.4 Å². The number of nitrogens with one attached hydrogen (secondary N) is 2. The fraction of sp³-hybridized carbons (Fsp3) is 1.00. The summed E-state index contributed by atoms with van der Waals surface area (Å²) >= 11 is 0. The Morgan fingerprint density at radius 2 is 1.12 bits per heavy atom. The molecule has 0 radical (unpaired) electrons. The maximum atomic E-state index is 10.8. The largest absolute Gasteiger partial charge is 0.389 e. The van der Waals surface area contributed by atoms with Crippen molar-refractivity contribution in [2.45, 2.75) is 70.7 Å². The molecule has 0 aromatic carbocycles. The van der Waals surface area contributed by atoms with Crippen LogP contribution in [0.4, 0.5) is 0 Å². The van der Waals surface area contributed by atoms with Crippen LogP contribution in [0, 0.1) is 5.92 Å². The molecule has 13 N–H and O–H groups in total. The van der Waals surface area contributed by atoms with Crippen LogP contribution >= 0.6 is 21.7 Å². The van der Waals surface area contributed by atoms with Crippen molar-refractivity contribution < 1.29 is 56.8 Å². The van der Waals surface area contributed by atoms with Gasteiger partial charge < -0.3 is 73.2 Å². The SMILES string of the molecule is CCCCC(CC)COCC(O)CN(CCNCCN)CCN(CCNCC(O)COCCCS(O)(O)O)CC(O)COCCCS(O)(O)O. The van der Waals surface area contributed by atoms with Crippen LogP contribution in [-0.2, 0) is 14.2 Å². The maximum Gasteiger partial charge on any atom is 0.0900 e. The summed E-state index contributed by atoms with van der Waals surface area (Å²) in [7, 11) is -7.12. The first kappa shape index (κ1) is 50.0. The van der Waals surface area contributed by atoms with Gasteiger partial charge in [-0.15, -0.1) is 0 Å². The number of hydrogen-bond acceptors (Lipinski definition) is 17. The molecule has 0 bridgehead atoms. The lowest BCUT2D eigenvalue weighted by molar-refractivity contribution is -0.00141. The minimum Gasteiger partial charge on any atom is -0.389 e. The van der Waals surface area contributed by atoms with Crippen molar-refractivity contribution in [1.29, 1.82) is 0 Å². The van der Waals surface area contributed by atoms with E-state index < -0.39 is 40.1 Å². The fourth-order valence-corrected chi connectivity index (χ4v) is 6.03. The summed E-state index contributed by atoms with van der Waals surface area (Å²) in [6.07, 6.45) is 2.66. The molecular weight excluding hydrogens is 698 g/mol. The fourth-order valence-electron chi connectivity index (χ4n) is 5.02. The number of aliphatic hydroxyl groups is 3. The van der Waals surface area contributed by atoms with Crippen LogP contribution in [0.2, 0.25) is 0 Å². The van der Waals surface area contributed by atoms with Crippen molar-refractivity contribution in [3.05, 3.63) is 0 Å². The summed E-state index contributed by atoms with van der Waals surface area (Å²) in [6, 6.07) is 0. The molecule has 17 nitrogen and oxygen atoms in total. The van der Waals surface area contributed by atoms with Gasteiger partial charge in [-0.1, -0.05) is 33.1 Å². The Kier molecular flexibility index (Phi) is 31.4. The lowest BCUT2D eigenvalue weighted by Gasteiger charge is -2.30. The Labute approximate surface area is 304 Å². The van der Waals surface area contributed by atoms with E-state index in [0.717, 1.165) is 19.3 Å². The molecule has 4 unspecified atom stereocenters. The van der Waals surface area contributed by atoms with Crippen molar-refractivity contribution in [1.82, 2.24) is 20.4 Å². The molecule has 0 rings (SSSR count). The molecule has 0 aromatic heterocycles. The predicted octanol–water partition coefficient (Wildman–Crippen LogP) is 1.30. The first-order valence-corrected chi connectivity index (χ1v) is 21.3. The zero-order valence-electron chi connectivity index (χ0n) is 30.5. The third-order valence-corrected chi connectivity index (χ3v) is 9.50. The summed E-state index contributed by atoms with van der Waals surface area (Å²) in [5.41, 5.74) is 5.63. The first-order valence-electron chi connectivity index (χ1n) is 18.0. The molecule has 0 saturated carbocycles. The average molecular weight is 772 g/mol. The van der Waals surface area contributed by atoms with E-state index in [2.05, 4.69) is 34.3 Å². The van der Waals surface area contributed by atoms with Gasteiger partial charge in [-0.05, 0) is 25.2 Å². The van der Waals surface area contributed by atoms with Gasteiger partial charge >= 0.3 is 0 Å². The smallest absolute Gasteiger partial charge is 0.0900 e. The quantitative estimate of drug-likeness (QED) is 0.0397. The molecule has 0 spiro atoms. The third kappa shape index (κ3) is 33.8. The van der Waals surface area contributed by atoms with Gasteiger partial charge in [-0.3, -0.25) is 9.80 Å². The molecule has 4 atom stereocenters. The Balaban J connectivity index is 5.07. The third-order valence-electron chi connectivity index (χ3n) is 7.82. The summed E-state index contributed by atoms with van der Waals surface area (Å²) in [5.74, 6) is 0.107. The van der Waals surface area contributed by atoms with Gasteiger partial charge in [0.2, 0.25) is 0 Å². The van der Waals surface area contributed by atoms with E-state index >= 15 is 0 Å². The second-order valence-electron chi connectivity index (χ2n) is 12.8. The van der Waals surface area contributed by atoms with Crippen LogP contribution in [0.25, 0.3) is 0 Å². The van der Waals surface area contributed by atoms with Crippen LogP contribution in [-0.4, -0.2) is 194 Å². The molecule has 19 heteroatoms. The van der Waals surface area contributed by atoms with Crippen LogP contribution < -0.4 is 16.4 Å². The van der Waals surface area contributed by atoms with Gasteiger partial charge in [0, 0.05) is 103 Å². The predicted molar refractivity (Wildman–Crippen MR) is 201 cm³/mol. The van der Waals surface area contributed by atoms with E-state index in [9.17, 15) is 15.3 Å². The Hall–Kier alpha value is 0.0200. The number of ether oxygens (including phenoxy) is 3. The first-order chi connectivity index (χ1) is 23.7. The van der Waals surface area contributed by atoms with Crippen LogP contribution in [0.1, 0.15) is 52.4 Å². The van der Waals surface area contributed by atoms with E-state index in [1.807, 2.05) is 0 Å². The van der Waals surface area contributed by atoms with Gasteiger partial charge in [-0.25, -0.2) is 0 Å². The molecule has 0 aromatic rings. The van der Waals surface area contributed by atoms with Gasteiger partial charge in [-0.2, -0.15) is 0 Å². The molecule has 0 aliphatic carbocycles. The molecule has 0 aliphatic heterocycles. The molecule has 0 saturated heterocycles. The normalized spacial score (nSPS) is 15.9. The van der Waals surface area contributed by atoms with Gasteiger partial charge in [0.1, 0.15) is 0 Å². The van der Waals surface area contributed by atoms with E-state index in [4.69, 9.17) is 47.3 Å². The Morgan fingerprint density at radius 3 is 1.60 bits per heavy atom. The highest BCUT2D eigenvalue weighted by Gasteiger charge is 2.18. The highest BCUT2D eigenvalue weighted by Crippen LogP contribution is 2.33. The summed E-state index contributed by atoms with van der Waals surface area (Å²) in [4.78, 5) is 4.21. The minimum atomic E-state index is -3.58. The van der Waals surface area contributed by atoms with E-state index in [1.54, 1.807) is 0 Å². The monoisotopic (exact) mass is 771 g/mol. The molecule has 50 heavy (non-hydrogen) atoms. The Morgan fingerprint density at radius 1 is 0.620 bits per heavy atom. The van der Waals surface area contributed by atoms with Crippen molar-refractivity contribution in [2.75, 3.05) is 123 Å². The van der Waals surface area contributed by atoms with Gasteiger partial charge in [0.25, 0.3) is 0 Å². The minimum absolute atomic E-state index is 0.0237. The molecule has 0 fully saturated rings. The van der Waals surface area contributed by atoms with Crippen molar-refractivity contribution in [3.8, 4) is 0 Å². The van der Waals surface area contributed by atoms with Crippen molar-refractivity contribution in [3.63, 3.8) is 0 Å². The van der Waals surface area contributed by atoms with Crippen LogP contribution in [0.3, 0.4) is 0 Å². The highest BCUT2D eigenvalue weighted by molar-refractivity contribution is 8.19. The lowest BCUT2D eigenvalue weighted by Crippen LogP contribution is -2.46. The van der Waals surface area contributed by atoms with E-state index in [1.165, 1.54) is 6.42 Å². The number of aliphatic hydroxyl groups excluding tert-OH is 3. The average Bonchev–Trinajstić information content (AvgIpc) is 3.03. The van der Waals surface area contributed by atoms with Gasteiger partial charge in [0.05, 0.1) is 59.9 Å². The standard InChI is InChI=1S/C31H73N5O12S2/c1-3-5-8-28(4-2)24-48-27-31(39)23-35(13-11-33-10-9-32)15-16-36(22-30(38)26-47-18-7-20-50(43,44)45)14-12-34-21-29(37)25-46-17-6-19-49(40,41)42/h28-31,33-34,37-45H,3-27,32H2,1-2H3. The number of rotatable bonds is 37. The molecular formula is C31H73N5O12S2. The van der Waals surface area contributed by atoms with Gasteiger partial charge in [0.15, 0.2) is 0 Å². The molecule has 0 aliphatic rings. The lowest BCUT2D eigenvalue weighted by atomic mass is 10.0. The Bertz CT molecular complexity index is 762. The maximum absolute atomic E-state index is 10.8. The number of nitrogens with two attached hydrogens (primary N) is 1. The topological polar surface area (TPSA) is 266 Å². The number of nitrogens with zero attached hydrogens (tertiary/aromatic N) is 2. The second kappa shape index (κ2) is 31.4. The summed E-state index contributed by atoms with van der Waals surface area (Å²) < 4.78 is 71.1. The molecule has 0 amide bonds. The zero-order chi connectivity index (χ0) is 37.7. The van der Waals surface area contributed by atoms with Crippen molar-refractivity contribution in [2.24, 2.45) is 11.7 Å². The summed E-state index contributed by atoms with van der Waals surface area (Å²) in [6.45, 7) is 11.3. The summed E-state index contributed by atoms with van der Waals surface area (Å²) in [5, 5.41) is 38.3. The van der Waals surface area contributed by atoms with Crippen LogP contribution in [0.15, 0.2) is 0 Å². The molecule has 0 heterocycles. The zero-order valence-corrected chi connectivity index (χ0v) is 32.2.